The SMILES string of the molecule is [C-]#[N+]c1ccc2c(c1)C1(CCN(C(=O)c3cccc(-c4cccc(B5OC(C)(C)C(C)(C)O5)c4)c3)CC1)CO2. The van der Waals surface area contributed by atoms with Crippen LogP contribution in [0.1, 0.15) is 56.5 Å². The molecular weight excluding hydrogens is 487 g/mol. The van der Waals surface area contributed by atoms with Gasteiger partial charge in [-0.2, -0.15) is 0 Å². The van der Waals surface area contributed by atoms with Gasteiger partial charge in [-0.1, -0.05) is 42.5 Å². The summed E-state index contributed by atoms with van der Waals surface area (Å²) in [6.07, 6.45) is 1.64. The van der Waals surface area contributed by atoms with Gasteiger partial charge in [-0.3, -0.25) is 4.79 Å². The van der Waals surface area contributed by atoms with Crippen molar-refractivity contribution in [2.45, 2.75) is 57.2 Å². The van der Waals surface area contributed by atoms with Gasteiger partial charge in [-0.05, 0) is 87.0 Å². The zero-order valence-corrected chi connectivity index (χ0v) is 23.0. The van der Waals surface area contributed by atoms with Gasteiger partial charge >= 0.3 is 7.12 Å². The highest BCUT2D eigenvalue weighted by Gasteiger charge is 2.51. The number of nitrogens with zero attached hydrogens (tertiary/aromatic N) is 2. The molecule has 6 nitrogen and oxygen atoms in total. The van der Waals surface area contributed by atoms with Crippen LogP contribution < -0.4 is 10.2 Å². The van der Waals surface area contributed by atoms with E-state index in [4.69, 9.17) is 20.6 Å². The van der Waals surface area contributed by atoms with Crippen molar-refractivity contribution in [3.05, 3.63) is 89.3 Å². The standard InChI is InChI=1S/C32H33BN2O4/c1-30(2)31(3,4)39-33(38-30)25-11-7-9-23(19-25)22-8-6-10-24(18-22)29(36)35-16-14-32(15-17-35)21-37-28-13-12-26(34-5)20-27(28)32/h6-13,18-20H,14-17,21H2,1-4H3. The first-order valence-electron chi connectivity index (χ1n) is 13.6. The van der Waals surface area contributed by atoms with Crippen LogP contribution in [0.4, 0.5) is 5.69 Å². The van der Waals surface area contributed by atoms with Crippen LogP contribution in [-0.2, 0) is 14.7 Å². The molecule has 0 N–H and O–H groups in total. The first kappa shape index (κ1) is 25.7. The molecule has 3 heterocycles. The summed E-state index contributed by atoms with van der Waals surface area (Å²) < 4.78 is 18.5. The van der Waals surface area contributed by atoms with Crippen molar-refractivity contribution in [1.29, 1.82) is 0 Å². The Hall–Kier alpha value is -3.60. The topological polar surface area (TPSA) is 52.4 Å². The minimum absolute atomic E-state index is 0.0443. The summed E-state index contributed by atoms with van der Waals surface area (Å²) in [6, 6.07) is 21.7. The van der Waals surface area contributed by atoms with Crippen molar-refractivity contribution in [3.63, 3.8) is 0 Å². The molecule has 0 atom stereocenters. The molecule has 198 valence electrons. The van der Waals surface area contributed by atoms with Crippen LogP contribution in [0.5, 0.6) is 5.75 Å². The predicted molar refractivity (Wildman–Crippen MR) is 153 cm³/mol. The molecule has 1 spiro atoms. The lowest BCUT2D eigenvalue weighted by atomic mass is 9.74. The molecule has 2 fully saturated rings. The van der Waals surface area contributed by atoms with E-state index in [-0.39, 0.29) is 11.3 Å². The number of carbonyl (C=O) groups is 1. The number of ether oxygens (including phenoxy) is 1. The maximum Gasteiger partial charge on any atom is 0.494 e. The van der Waals surface area contributed by atoms with E-state index in [1.54, 1.807) is 0 Å². The maximum atomic E-state index is 13.6. The number of likely N-dealkylation sites (tertiary alicyclic amines) is 1. The summed E-state index contributed by atoms with van der Waals surface area (Å²) in [5.74, 6) is 0.917. The summed E-state index contributed by atoms with van der Waals surface area (Å²) in [4.78, 5) is 19.1. The van der Waals surface area contributed by atoms with Crippen LogP contribution in [0.3, 0.4) is 0 Å². The van der Waals surface area contributed by atoms with E-state index >= 15 is 0 Å². The fourth-order valence-electron chi connectivity index (χ4n) is 5.83. The smallest absolute Gasteiger partial charge is 0.492 e. The van der Waals surface area contributed by atoms with Crippen molar-refractivity contribution < 1.29 is 18.8 Å². The number of piperidine rings is 1. The quantitative estimate of drug-likeness (QED) is 0.325. The highest BCUT2D eigenvalue weighted by atomic mass is 16.7. The first-order chi connectivity index (χ1) is 18.6. The monoisotopic (exact) mass is 520 g/mol. The summed E-state index contributed by atoms with van der Waals surface area (Å²) in [5.41, 5.74) is 4.47. The Kier molecular flexibility index (Phi) is 6.09. The van der Waals surface area contributed by atoms with E-state index in [1.165, 1.54) is 0 Å². The van der Waals surface area contributed by atoms with Crippen LogP contribution in [0.15, 0.2) is 66.7 Å². The molecule has 39 heavy (non-hydrogen) atoms. The number of rotatable bonds is 3. The Bertz CT molecular complexity index is 1470. The van der Waals surface area contributed by atoms with E-state index in [1.807, 2.05) is 59.5 Å². The fraction of sp³-hybridized carbons (Fsp3) is 0.375. The van der Waals surface area contributed by atoms with E-state index in [0.29, 0.717) is 30.9 Å². The Morgan fingerprint density at radius 2 is 1.56 bits per heavy atom. The van der Waals surface area contributed by atoms with E-state index in [9.17, 15) is 4.79 Å². The maximum absolute atomic E-state index is 13.6. The van der Waals surface area contributed by atoms with Crippen LogP contribution in [0.25, 0.3) is 16.0 Å². The van der Waals surface area contributed by atoms with E-state index in [2.05, 4.69) is 44.7 Å². The summed E-state index contributed by atoms with van der Waals surface area (Å²) in [5, 5.41) is 0. The number of fused-ring (bicyclic) bond motifs is 2. The van der Waals surface area contributed by atoms with Gasteiger partial charge in [-0.25, -0.2) is 4.85 Å². The van der Waals surface area contributed by atoms with Crippen LogP contribution in [-0.4, -0.2) is 48.8 Å². The number of amides is 1. The zero-order chi connectivity index (χ0) is 27.4. The summed E-state index contributed by atoms with van der Waals surface area (Å²) in [6.45, 7) is 17.5. The third-order valence-electron chi connectivity index (χ3n) is 9.03. The Morgan fingerprint density at radius 3 is 2.26 bits per heavy atom. The van der Waals surface area contributed by atoms with Crippen molar-refractivity contribution in [1.82, 2.24) is 4.90 Å². The largest absolute Gasteiger partial charge is 0.494 e. The average molecular weight is 520 g/mol. The van der Waals surface area contributed by atoms with Gasteiger partial charge in [0.1, 0.15) is 5.75 Å². The van der Waals surface area contributed by atoms with E-state index < -0.39 is 18.3 Å². The van der Waals surface area contributed by atoms with Gasteiger partial charge in [0.15, 0.2) is 5.69 Å². The molecular formula is C32H33BN2O4. The Balaban J connectivity index is 1.18. The molecule has 3 aromatic carbocycles. The van der Waals surface area contributed by atoms with Gasteiger partial charge in [0.25, 0.3) is 5.91 Å². The molecule has 0 radical (unpaired) electrons. The molecule has 3 aromatic rings. The molecule has 0 unspecified atom stereocenters. The lowest BCUT2D eigenvalue weighted by Gasteiger charge is -2.38. The van der Waals surface area contributed by atoms with Crippen molar-refractivity contribution in [3.8, 4) is 16.9 Å². The number of hydrogen-bond donors (Lipinski definition) is 0. The second-order valence-electron chi connectivity index (χ2n) is 11.9. The average Bonchev–Trinajstić information content (AvgIpc) is 3.40. The molecule has 2 saturated heterocycles. The van der Waals surface area contributed by atoms with Crippen LogP contribution in [0.2, 0.25) is 0 Å². The summed E-state index contributed by atoms with van der Waals surface area (Å²) in [7, 11) is -0.434. The highest BCUT2D eigenvalue weighted by molar-refractivity contribution is 6.62. The molecule has 7 heteroatoms. The zero-order valence-electron chi connectivity index (χ0n) is 23.0. The fourth-order valence-corrected chi connectivity index (χ4v) is 5.83. The molecule has 1 amide bonds. The number of carbonyl (C=O) groups excluding carboxylic acids is 1. The minimum Gasteiger partial charge on any atom is -0.492 e. The van der Waals surface area contributed by atoms with Crippen LogP contribution >= 0.6 is 0 Å². The molecule has 6 rings (SSSR count). The highest BCUT2D eigenvalue weighted by Crippen LogP contribution is 2.47. The molecule has 3 aliphatic heterocycles. The van der Waals surface area contributed by atoms with E-state index in [0.717, 1.165) is 40.7 Å². The van der Waals surface area contributed by atoms with Crippen LogP contribution in [0, 0.1) is 6.57 Å². The van der Waals surface area contributed by atoms with Gasteiger partial charge in [0.05, 0.1) is 24.4 Å². The lowest BCUT2D eigenvalue weighted by molar-refractivity contribution is 0.00578. The van der Waals surface area contributed by atoms with Crippen molar-refractivity contribution in [2.24, 2.45) is 0 Å². The first-order valence-corrected chi connectivity index (χ1v) is 13.6. The number of benzene rings is 3. The Morgan fingerprint density at radius 1 is 0.897 bits per heavy atom. The van der Waals surface area contributed by atoms with Gasteiger partial charge in [0, 0.05) is 24.1 Å². The second-order valence-corrected chi connectivity index (χ2v) is 11.9. The number of hydrogen-bond acceptors (Lipinski definition) is 4. The lowest BCUT2D eigenvalue weighted by Crippen LogP contribution is -2.46. The Labute approximate surface area is 230 Å². The second kappa shape index (κ2) is 9.26. The minimum atomic E-state index is -0.434. The molecule has 0 saturated carbocycles. The molecule has 0 aromatic heterocycles. The molecule has 0 bridgehead atoms. The predicted octanol–water partition coefficient (Wildman–Crippen LogP) is 5.77. The molecule has 0 aliphatic carbocycles. The third kappa shape index (κ3) is 4.42. The summed E-state index contributed by atoms with van der Waals surface area (Å²) >= 11 is 0. The van der Waals surface area contributed by atoms with Gasteiger partial charge in [-0.15, -0.1) is 0 Å². The van der Waals surface area contributed by atoms with Gasteiger partial charge < -0.3 is 18.9 Å². The third-order valence-corrected chi connectivity index (χ3v) is 9.03. The van der Waals surface area contributed by atoms with Crippen molar-refractivity contribution >= 4 is 24.2 Å². The van der Waals surface area contributed by atoms with Crippen molar-refractivity contribution in [2.75, 3.05) is 19.7 Å². The normalized spacial score (nSPS) is 20.4. The van der Waals surface area contributed by atoms with Gasteiger partial charge in [0.2, 0.25) is 0 Å². The molecule has 3 aliphatic rings.